The number of nitrogens with two attached hydrogens (primary N) is 1. The molecule has 0 bridgehead atoms. The van der Waals surface area contributed by atoms with Crippen LogP contribution < -0.4 is 11.2 Å². The third-order valence-electron chi connectivity index (χ3n) is 2.21. The topological polar surface area (TPSA) is 47.3 Å². The number of para-hydroxylation sites is 2. The molecule has 3 heteroatoms. The van der Waals surface area contributed by atoms with Crippen molar-refractivity contribution >= 4 is 11.4 Å². The monoisotopic (exact) mass is 194 g/mol. The van der Waals surface area contributed by atoms with Gasteiger partial charge in [0.25, 0.3) is 0 Å². The van der Waals surface area contributed by atoms with Gasteiger partial charge in [0, 0.05) is 0 Å². The van der Waals surface area contributed by atoms with Crippen LogP contribution in [0.15, 0.2) is 24.3 Å². The van der Waals surface area contributed by atoms with Crippen LogP contribution in [0.2, 0.25) is 0 Å². The summed E-state index contributed by atoms with van der Waals surface area (Å²) in [6.45, 7) is 4.99. The molecule has 0 heterocycles. The van der Waals surface area contributed by atoms with Crippen LogP contribution in [0.1, 0.15) is 20.3 Å². The van der Waals surface area contributed by atoms with E-state index < -0.39 is 0 Å². The lowest BCUT2D eigenvalue weighted by Crippen LogP contribution is -2.10. The highest BCUT2D eigenvalue weighted by molar-refractivity contribution is 5.64. The van der Waals surface area contributed by atoms with Crippen molar-refractivity contribution in [3.8, 4) is 0 Å². The Morgan fingerprint density at radius 3 is 2.79 bits per heavy atom. The van der Waals surface area contributed by atoms with Gasteiger partial charge in [-0.2, -0.15) is 0 Å². The molecule has 0 aliphatic rings. The zero-order valence-corrected chi connectivity index (χ0v) is 8.79. The molecule has 0 saturated heterocycles. The van der Waals surface area contributed by atoms with Crippen molar-refractivity contribution in [3.05, 3.63) is 24.3 Å². The molecule has 1 unspecified atom stereocenters. The second kappa shape index (κ2) is 5.50. The van der Waals surface area contributed by atoms with E-state index >= 15 is 0 Å². The standard InChI is InChI=1S/C11H18N2O/c1-3-9(2)8-14-13-11-7-5-4-6-10(11)12/h4-7,9,13H,3,8,12H2,1-2H3. The lowest BCUT2D eigenvalue weighted by Gasteiger charge is -2.11. The van der Waals surface area contributed by atoms with Gasteiger partial charge in [0.2, 0.25) is 0 Å². The summed E-state index contributed by atoms with van der Waals surface area (Å²) in [5, 5.41) is 0. The summed E-state index contributed by atoms with van der Waals surface area (Å²) < 4.78 is 0. The fourth-order valence-corrected chi connectivity index (χ4v) is 0.969. The Kier molecular flexibility index (Phi) is 4.26. The summed E-state index contributed by atoms with van der Waals surface area (Å²) in [6, 6.07) is 7.56. The first kappa shape index (κ1) is 10.9. The maximum absolute atomic E-state index is 5.73. The van der Waals surface area contributed by atoms with Gasteiger partial charge < -0.3 is 5.73 Å². The molecular weight excluding hydrogens is 176 g/mol. The van der Waals surface area contributed by atoms with Gasteiger partial charge in [0.1, 0.15) is 0 Å². The summed E-state index contributed by atoms with van der Waals surface area (Å²) >= 11 is 0. The van der Waals surface area contributed by atoms with Crippen LogP contribution in [0.5, 0.6) is 0 Å². The van der Waals surface area contributed by atoms with Crippen molar-refractivity contribution in [1.29, 1.82) is 0 Å². The molecule has 0 radical (unpaired) electrons. The van der Waals surface area contributed by atoms with Gasteiger partial charge in [-0.3, -0.25) is 10.3 Å². The molecule has 0 aromatic heterocycles. The molecule has 0 aliphatic heterocycles. The van der Waals surface area contributed by atoms with Crippen LogP contribution in [0.3, 0.4) is 0 Å². The minimum atomic E-state index is 0.562. The molecule has 1 aromatic carbocycles. The zero-order valence-electron chi connectivity index (χ0n) is 8.79. The van der Waals surface area contributed by atoms with Gasteiger partial charge in [0.05, 0.1) is 18.0 Å². The first-order valence-corrected chi connectivity index (χ1v) is 4.96. The fourth-order valence-electron chi connectivity index (χ4n) is 0.969. The first-order chi connectivity index (χ1) is 6.74. The van der Waals surface area contributed by atoms with Crippen molar-refractivity contribution in [2.24, 2.45) is 5.92 Å². The average Bonchev–Trinajstić information content (AvgIpc) is 2.20. The molecule has 1 aromatic rings. The molecular formula is C11H18N2O. The lowest BCUT2D eigenvalue weighted by molar-refractivity contribution is 0.154. The Morgan fingerprint density at radius 1 is 1.43 bits per heavy atom. The highest BCUT2D eigenvalue weighted by atomic mass is 16.6. The molecule has 3 N–H and O–H groups in total. The summed E-state index contributed by atoms with van der Waals surface area (Å²) in [6.07, 6.45) is 1.12. The molecule has 1 rings (SSSR count). The van der Waals surface area contributed by atoms with E-state index in [0.717, 1.165) is 12.1 Å². The first-order valence-electron chi connectivity index (χ1n) is 4.96. The van der Waals surface area contributed by atoms with Crippen LogP contribution in [0.4, 0.5) is 11.4 Å². The van der Waals surface area contributed by atoms with Crippen LogP contribution in [0, 0.1) is 5.92 Å². The molecule has 0 fully saturated rings. The van der Waals surface area contributed by atoms with Crippen LogP contribution in [0.25, 0.3) is 0 Å². The Hall–Kier alpha value is -1.22. The van der Waals surface area contributed by atoms with Crippen LogP contribution in [-0.2, 0) is 4.84 Å². The smallest absolute Gasteiger partial charge is 0.0833 e. The van der Waals surface area contributed by atoms with Gasteiger partial charge in [-0.05, 0) is 18.1 Å². The normalized spacial score (nSPS) is 12.4. The van der Waals surface area contributed by atoms with Crippen molar-refractivity contribution in [1.82, 2.24) is 0 Å². The number of anilines is 2. The maximum Gasteiger partial charge on any atom is 0.0833 e. The van der Waals surface area contributed by atoms with Crippen molar-refractivity contribution < 1.29 is 4.84 Å². The Balaban J connectivity index is 2.35. The van der Waals surface area contributed by atoms with Crippen molar-refractivity contribution in [2.75, 3.05) is 17.8 Å². The van der Waals surface area contributed by atoms with E-state index in [-0.39, 0.29) is 0 Å². The van der Waals surface area contributed by atoms with E-state index in [1.807, 2.05) is 24.3 Å². The quantitative estimate of drug-likeness (QED) is 0.559. The van der Waals surface area contributed by atoms with Gasteiger partial charge in [-0.15, -0.1) is 0 Å². The third-order valence-corrected chi connectivity index (χ3v) is 2.21. The molecule has 0 amide bonds. The van der Waals surface area contributed by atoms with E-state index in [4.69, 9.17) is 10.6 Å². The Morgan fingerprint density at radius 2 is 2.14 bits per heavy atom. The van der Waals surface area contributed by atoms with E-state index in [0.29, 0.717) is 18.2 Å². The molecule has 0 aliphatic carbocycles. The highest BCUT2D eigenvalue weighted by Crippen LogP contribution is 2.16. The van der Waals surface area contributed by atoms with Gasteiger partial charge >= 0.3 is 0 Å². The molecule has 3 nitrogen and oxygen atoms in total. The van der Waals surface area contributed by atoms with Crippen molar-refractivity contribution in [2.45, 2.75) is 20.3 Å². The van der Waals surface area contributed by atoms with Crippen LogP contribution >= 0.6 is 0 Å². The number of hydrogen-bond acceptors (Lipinski definition) is 3. The van der Waals surface area contributed by atoms with Gasteiger partial charge in [-0.25, -0.2) is 0 Å². The third kappa shape index (κ3) is 3.26. The molecule has 78 valence electrons. The average molecular weight is 194 g/mol. The lowest BCUT2D eigenvalue weighted by atomic mass is 10.1. The van der Waals surface area contributed by atoms with Gasteiger partial charge in [0.15, 0.2) is 0 Å². The summed E-state index contributed by atoms with van der Waals surface area (Å²) in [5.41, 5.74) is 10.1. The number of nitrogen functional groups attached to an aromatic ring is 1. The minimum Gasteiger partial charge on any atom is -0.397 e. The van der Waals surface area contributed by atoms with Gasteiger partial charge in [-0.1, -0.05) is 32.4 Å². The number of nitrogens with one attached hydrogen (secondary N) is 1. The number of hydrogen-bond donors (Lipinski definition) is 2. The molecule has 0 saturated carbocycles. The Bertz CT molecular complexity index is 276. The summed E-state index contributed by atoms with van der Waals surface area (Å²) in [7, 11) is 0. The predicted molar refractivity (Wildman–Crippen MR) is 59.9 cm³/mol. The SMILES string of the molecule is CCC(C)CONc1ccccc1N. The maximum atomic E-state index is 5.73. The molecule has 1 atom stereocenters. The predicted octanol–water partition coefficient (Wildman–Crippen LogP) is 2.66. The molecule has 14 heavy (non-hydrogen) atoms. The second-order valence-electron chi connectivity index (χ2n) is 3.51. The highest BCUT2D eigenvalue weighted by Gasteiger charge is 2.00. The van der Waals surface area contributed by atoms with E-state index in [1.165, 1.54) is 0 Å². The zero-order chi connectivity index (χ0) is 10.4. The number of rotatable bonds is 5. The fraction of sp³-hybridized carbons (Fsp3) is 0.455. The van der Waals surface area contributed by atoms with E-state index in [9.17, 15) is 0 Å². The summed E-state index contributed by atoms with van der Waals surface area (Å²) in [4.78, 5) is 5.32. The van der Waals surface area contributed by atoms with Crippen molar-refractivity contribution in [3.63, 3.8) is 0 Å². The second-order valence-corrected chi connectivity index (χ2v) is 3.51. The van der Waals surface area contributed by atoms with Crippen LogP contribution in [-0.4, -0.2) is 6.61 Å². The molecule has 0 spiro atoms. The Labute approximate surface area is 85.2 Å². The van der Waals surface area contributed by atoms with E-state index in [1.54, 1.807) is 0 Å². The van der Waals surface area contributed by atoms with E-state index in [2.05, 4.69) is 19.3 Å². The largest absolute Gasteiger partial charge is 0.397 e. The number of benzene rings is 1. The summed E-state index contributed by atoms with van der Waals surface area (Å²) in [5.74, 6) is 0.562. The minimum absolute atomic E-state index is 0.562.